The summed E-state index contributed by atoms with van der Waals surface area (Å²) in [6.45, 7) is 13.6. The van der Waals surface area contributed by atoms with Crippen molar-refractivity contribution in [3.8, 4) is 0 Å². The molecule has 148 valence electrons. The summed E-state index contributed by atoms with van der Waals surface area (Å²) in [4.78, 5) is 12.8. The van der Waals surface area contributed by atoms with E-state index < -0.39 is 29.2 Å². The number of hydrogen-bond donors (Lipinski definition) is 0. The molecule has 0 aromatic carbocycles. The molecule has 3 saturated heterocycles. The molecule has 3 heterocycles. The van der Waals surface area contributed by atoms with Gasteiger partial charge in [-0.2, -0.15) is 0 Å². The SMILES string of the molecule is C=CC[C@@]1(C(=O)OCC)C[C@H]2OC(C)(C)O[C@H]2[C@@H]([C@H]2COC(C)(C)O2)O1. The van der Waals surface area contributed by atoms with Crippen molar-refractivity contribution in [1.82, 2.24) is 0 Å². The second-order valence-corrected chi connectivity index (χ2v) is 8.00. The largest absolute Gasteiger partial charge is 0.464 e. The smallest absolute Gasteiger partial charge is 0.338 e. The summed E-state index contributed by atoms with van der Waals surface area (Å²) in [5, 5.41) is 0. The van der Waals surface area contributed by atoms with Crippen LogP contribution in [0.5, 0.6) is 0 Å². The molecule has 3 aliphatic rings. The van der Waals surface area contributed by atoms with Crippen molar-refractivity contribution < 1.29 is 33.2 Å². The van der Waals surface area contributed by atoms with Crippen molar-refractivity contribution in [2.24, 2.45) is 0 Å². The molecule has 7 nitrogen and oxygen atoms in total. The Kier molecular flexibility index (Phi) is 5.22. The van der Waals surface area contributed by atoms with Gasteiger partial charge in [-0.05, 0) is 34.6 Å². The van der Waals surface area contributed by atoms with Crippen LogP contribution in [0.25, 0.3) is 0 Å². The topological polar surface area (TPSA) is 72.5 Å². The standard InChI is InChI=1S/C19H30O7/c1-7-9-19(16(20)21-8-2)10-12-14(25-18(5,6)23-12)15(26-19)13-11-22-17(3,4)24-13/h7,12-15H,1,8-11H2,2-6H3/t12-,13-,14-,15-,19+/m1/s1. The first kappa shape index (κ1) is 19.8. The minimum Gasteiger partial charge on any atom is -0.464 e. The molecular formula is C19H30O7. The van der Waals surface area contributed by atoms with Crippen LogP contribution in [0.3, 0.4) is 0 Å². The molecule has 3 fully saturated rings. The van der Waals surface area contributed by atoms with E-state index in [1.165, 1.54) is 0 Å². The maximum absolute atomic E-state index is 12.8. The van der Waals surface area contributed by atoms with Crippen LogP contribution in [0.2, 0.25) is 0 Å². The van der Waals surface area contributed by atoms with Gasteiger partial charge in [0.1, 0.15) is 18.3 Å². The Morgan fingerprint density at radius 1 is 1.08 bits per heavy atom. The first-order valence-electron chi connectivity index (χ1n) is 9.25. The lowest BCUT2D eigenvalue weighted by molar-refractivity contribution is -0.238. The lowest BCUT2D eigenvalue weighted by Gasteiger charge is -2.44. The van der Waals surface area contributed by atoms with Crippen molar-refractivity contribution in [2.45, 2.75) is 89.1 Å². The van der Waals surface area contributed by atoms with Crippen molar-refractivity contribution in [2.75, 3.05) is 13.2 Å². The van der Waals surface area contributed by atoms with Gasteiger partial charge in [-0.3, -0.25) is 0 Å². The first-order valence-corrected chi connectivity index (χ1v) is 9.25. The molecule has 3 rings (SSSR count). The van der Waals surface area contributed by atoms with Crippen LogP contribution < -0.4 is 0 Å². The maximum atomic E-state index is 12.8. The van der Waals surface area contributed by atoms with E-state index in [0.29, 0.717) is 19.4 Å². The minimum absolute atomic E-state index is 0.277. The van der Waals surface area contributed by atoms with Gasteiger partial charge in [0.15, 0.2) is 17.2 Å². The molecule has 0 aliphatic carbocycles. The number of ether oxygens (including phenoxy) is 6. The van der Waals surface area contributed by atoms with Crippen molar-refractivity contribution in [3.63, 3.8) is 0 Å². The van der Waals surface area contributed by atoms with Crippen molar-refractivity contribution in [1.29, 1.82) is 0 Å². The lowest BCUT2D eigenvalue weighted by Crippen LogP contribution is -2.61. The summed E-state index contributed by atoms with van der Waals surface area (Å²) in [5.41, 5.74) is -1.16. The van der Waals surface area contributed by atoms with E-state index in [9.17, 15) is 4.79 Å². The molecule has 0 saturated carbocycles. The molecule has 0 unspecified atom stereocenters. The highest BCUT2D eigenvalue weighted by Gasteiger charge is 2.60. The van der Waals surface area contributed by atoms with Crippen LogP contribution in [0, 0.1) is 0 Å². The zero-order valence-corrected chi connectivity index (χ0v) is 16.3. The van der Waals surface area contributed by atoms with E-state index in [-0.39, 0.29) is 24.9 Å². The Morgan fingerprint density at radius 2 is 1.73 bits per heavy atom. The highest BCUT2D eigenvalue weighted by Crippen LogP contribution is 2.45. The number of rotatable bonds is 5. The van der Waals surface area contributed by atoms with Crippen molar-refractivity contribution in [3.05, 3.63) is 12.7 Å². The van der Waals surface area contributed by atoms with E-state index in [4.69, 9.17) is 28.4 Å². The molecule has 0 aromatic rings. The predicted molar refractivity (Wildman–Crippen MR) is 92.4 cm³/mol. The van der Waals surface area contributed by atoms with E-state index in [1.54, 1.807) is 13.0 Å². The van der Waals surface area contributed by atoms with E-state index in [1.807, 2.05) is 27.7 Å². The third-order valence-corrected chi connectivity index (χ3v) is 4.96. The minimum atomic E-state index is -1.16. The summed E-state index contributed by atoms with van der Waals surface area (Å²) in [5.74, 6) is -1.87. The van der Waals surface area contributed by atoms with Crippen LogP contribution in [-0.4, -0.2) is 60.8 Å². The second kappa shape index (κ2) is 6.87. The zero-order chi connectivity index (χ0) is 19.2. The number of esters is 1. The number of fused-ring (bicyclic) bond motifs is 1. The van der Waals surface area contributed by atoms with Gasteiger partial charge in [0.25, 0.3) is 0 Å². The summed E-state index contributed by atoms with van der Waals surface area (Å²) >= 11 is 0. The Labute approximate surface area is 154 Å². The summed E-state index contributed by atoms with van der Waals surface area (Å²) in [7, 11) is 0. The average molecular weight is 370 g/mol. The fraction of sp³-hybridized carbons (Fsp3) is 0.842. The molecule has 3 aliphatic heterocycles. The highest BCUT2D eigenvalue weighted by molar-refractivity contribution is 5.80. The lowest BCUT2D eigenvalue weighted by atomic mass is 9.84. The van der Waals surface area contributed by atoms with Crippen LogP contribution in [0.4, 0.5) is 0 Å². The van der Waals surface area contributed by atoms with Gasteiger partial charge in [0.2, 0.25) is 0 Å². The van der Waals surface area contributed by atoms with Gasteiger partial charge in [0.05, 0.1) is 19.3 Å². The van der Waals surface area contributed by atoms with E-state index in [2.05, 4.69) is 6.58 Å². The maximum Gasteiger partial charge on any atom is 0.338 e. The van der Waals surface area contributed by atoms with E-state index >= 15 is 0 Å². The van der Waals surface area contributed by atoms with E-state index in [0.717, 1.165) is 0 Å². The first-order chi connectivity index (χ1) is 12.1. The third kappa shape index (κ3) is 3.68. The van der Waals surface area contributed by atoms with Crippen molar-refractivity contribution >= 4 is 5.97 Å². The Hall–Kier alpha value is -0.990. The normalized spacial score (nSPS) is 40.8. The molecule has 0 bridgehead atoms. The van der Waals surface area contributed by atoms with Crippen LogP contribution >= 0.6 is 0 Å². The molecular weight excluding hydrogens is 340 g/mol. The predicted octanol–water partition coefficient (Wildman–Crippen LogP) is 2.32. The third-order valence-electron chi connectivity index (χ3n) is 4.96. The fourth-order valence-electron chi connectivity index (χ4n) is 4.01. The van der Waals surface area contributed by atoms with Gasteiger partial charge in [-0.1, -0.05) is 6.08 Å². The molecule has 7 heteroatoms. The average Bonchev–Trinajstić information content (AvgIpc) is 3.04. The zero-order valence-electron chi connectivity index (χ0n) is 16.3. The second-order valence-electron chi connectivity index (χ2n) is 8.00. The van der Waals surface area contributed by atoms with Gasteiger partial charge >= 0.3 is 5.97 Å². The Balaban J connectivity index is 1.92. The van der Waals surface area contributed by atoms with Gasteiger partial charge in [-0.25, -0.2) is 4.79 Å². The summed E-state index contributed by atoms with van der Waals surface area (Å²) < 4.78 is 35.6. The fourth-order valence-corrected chi connectivity index (χ4v) is 4.01. The summed E-state index contributed by atoms with van der Waals surface area (Å²) in [6.07, 6.45) is 0.813. The Morgan fingerprint density at radius 3 is 2.31 bits per heavy atom. The number of carbonyl (C=O) groups is 1. The highest BCUT2D eigenvalue weighted by atomic mass is 16.8. The van der Waals surface area contributed by atoms with Crippen LogP contribution in [-0.2, 0) is 33.2 Å². The van der Waals surface area contributed by atoms with Gasteiger partial charge < -0.3 is 28.4 Å². The van der Waals surface area contributed by atoms with Gasteiger partial charge in [-0.15, -0.1) is 6.58 Å². The van der Waals surface area contributed by atoms with Crippen LogP contribution in [0.1, 0.15) is 47.5 Å². The van der Waals surface area contributed by atoms with Gasteiger partial charge in [0, 0.05) is 12.8 Å². The molecule has 0 amide bonds. The molecule has 26 heavy (non-hydrogen) atoms. The number of hydrogen-bond acceptors (Lipinski definition) is 7. The monoisotopic (exact) mass is 370 g/mol. The number of carbonyl (C=O) groups excluding carboxylic acids is 1. The molecule has 5 atom stereocenters. The van der Waals surface area contributed by atoms with Crippen LogP contribution in [0.15, 0.2) is 12.7 Å². The molecule has 0 spiro atoms. The molecule has 0 aromatic heterocycles. The molecule has 0 radical (unpaired) electrons. The Bertz CT molecular complexity index is 558. The molecule has 0 N–H and O–H groups in total. The quantitative estimate of drug-likeness (QED) is 0.543. The summed E-state index contributed by atoms with van der Waals surface area (Å²) in [6, 6.07) is 0.